The van der Waals surface area contributed by atoms with Crippen LogP contribution in [0.5, 0.6) is 0 Å². The van der Waals surface area contributed by atoms with Gasteiger partial charge in [0.25, 0.3) is 0 Å². The van der Waals surface area contributed by atoms with E-state index < -0.39 is 9.84 Å². The molecule has 0 unspecified atom stereocenters. The van der Waals surface area contributed by atoms with Crippen LogP contribution in [0, 0.1) is 0 Å². The number of benzene rings is 2. The summed E-state index contributed by atoms with van der Waals surface area (Å²) in [4.78, 5) is 26.1. The second-order valence-electron chi connectivity index (χ2n) is 6.69. The molecule has 2 N–H and O–H groups in total. The van der Waals surface area contributed by atoms with Gasteiger partial charge in [0.1, 0.15) is 0 Å². The minimum Gasteiger partial charge on any atom is -0.326 e. The van der Waals surface area contributed by atoms with E-state index >= 15 is 0 Å². The molecule has 29 heavy (non-hydrogen) atoms. The molecule has 1 aliphatic rings. The number of nitrogens with one attached hydrogen (secondary N) is 2. The zero-order valence-corrected chi connectivity index (χ0v) is 18.5. The quantitative estimate of drug-likeness (QED) is 0.646. The van der Waals surface area contributed by atoms with E-state index in [4.69, 9.17) is 0 Å². The fraction of sp³-hybridized carbons (Fsp3) is 0.300. The van der Waals surface area contributed by atoms with Gasteiger partial charge in [0.15, 0.2) is 9.84 Å². The molecular formula is C20H22N2O4S3. The molecule has 0 aromatic heterocycles. The van der Waals surface area contributed by atoms with Crippen LogP contribution < -0.4 is 10.6 Å². The lowest BCUT2D eigenvalue weighted by atomic mass is 10.3. The molecule has 0 fully saturated rings. The predicted octanol–water partition coefficient (Wildman–Crippen LogP) is 4.03. The molecule has 0 bridgehead atoms. The monoisotopic (exact) mass is 450 g/mol. The Kier molecular flexibility index (Phi) is 6.92. The maximum atomic E-state index is 12.7. The molecule has 3 rings (SSSR count). The number of carbonyl (C=O) groups excluding carboxylic acids is 2. The van der Waals surface area contributed by atoms with Gasteiger partial charge in [-0.2, -0.15) is 0 Å². The fourth-order valence-electron chi connectivity index (χ4n) is 2.89. The normalized spacial score (nSPS) is 16.5. The molecule has 0 saturated carbocycles. The van der Waals surface area contributed by atoms with Crippen molar-refractivity contribution in [1.82, 2.24) is 0 Å². The van der Waals surface area contributed by atoms with Crippen LogP contribution in [0.15, 0.2) is 57.2 Å². The van der Waals surface area contributed by atoms with Gasteiger partial charge < -0.3 is 10.6 Å². The first-order valence-electron chi connectivity index (χ1n) is 9.04. The van der Waals surface area contributed by atoms with Crippen LogP contribution in [0.1, 0.15) is 19.8 Å². The third kappa shape index (κ3) is 5.77. The van der Waals surface area contributed by atoms with Crippen LogP contribution in [-0.2, 0) is 19.4 Å². The Labute approximate surface area is 179 Å². The summed E-state index contributed by atoms with van der Waals surface area (Å²) in [5.74, 6) is -0.804. The van der Waals surface area contributed by atoms with Crippen molar-refractivity contribution in [3.05, 3.63) is 42.5 Å². The van der Waals surface area contributed by atoms with Crippen molar-refractivity contribution in [3.8, 4) is 0 Å². The van der Waals surface area contributed by atoms with Gasteiger partial charge in [-0.15, -0.1) is 23.5 Å². The maximum Gasteiger partial charge on any atom is 0.225 e. The van der Waals surface area contributed by atoms with Gasteiger partial charge >= 0.3 is 0 Å². The first-order valence-corrected chi connectivity index (χ1v) is 12.8. The van der Waals surface area contributed by atoms with Gasteiger partial charge in [-0.05, 0) is 42.7 Å². The summed E-state index contributed by atoms with van der Waals surface area (Å²) >= 11 is 3.09. The SMILES string of the molecule is CSc1cccc(NC(=O)CCS(=O)(=O)c2ccc3c(c2)NC(=O)C[C@H](C)S3)c1. The Morgan fingerprint density at radius 2 is 2.07 bits per heavy atom. The van der Waals surface area contributed by atoms with Crippen LogP contribution in [0.2, 0.25) is 0 Å². The Morgan fingerprint density at radius 3 is 2.83 bits per heavy atom. The standard InChI is InChI=1S/C20H22N2O4S3/c1-13-10-20(24)22-17-12-16(6-7-18(17)28-13)29(25,26)9-8-19(23)21-14-4-3-5-15(11-14)27-2/h3-7,11-13H,8-10H2,1-2H3,(H,21,23)(H,22,24)/t13-/m0/s1. The van der Waals surface area contributed by atoms with E-state index in [1.807, 2.05) is 31.4 Å². The number of thioether (sulfide) groups is 2. The Balaban J connectivity index is 1.68. The highest BCUT2D eigenvalue weighted by Gasteiger charge is 2.23. The molecular weight excluding hydrogens is 428 g/mol. The number of rotatable bonds is 6. The van der Waals surface area contributed by atoms with Gasteiger partial charge in [-0.25, -0.2) is 8.42 Å². The molecule has 0 saturated heterocycles. The average Bonchev–Trinajstić information content (AvgIpc) is 2.82. The molecule has 0 aliphatic carbocycles. The summed E-state index contributed by atoms with van der Waals surface area (Å²) in [5, 5.41) is 5.62. The van der Waals surface area contributed by atoms with Crippen molar-refractivity contribution >= 4 is 56.6 Å². The van der Waals surface area contributed by atoms with E-state index in [-0.39, 0.29) is 34.1 Å². The third-order valence-corrected chi connectivity index (χ3v) is 7.95. The fourth-order valence-corrected chi connectivity index (χ4v) is 5.67. The number of carbonyl (C=O) groups is 2. The molecule has 154 valence electrons. The Bertz CT molecular complexity index is 1040. The Hall–Kier alpha value is -1.97. The van der Waals surface area contributed by atoms with Gasteiger partial charge in [0.2, 0.25) is 11.8 Å². The first kappa shape index (κ1) is 21.7. The molecule has 1 heterocycles. The average molecular weight is 451 g/mol. The molecule has 0 radical (unpaired) electrons. The van der Waals surface area contributed by atoms with E-state index in [2.05, 4.69) is 10.6 Å². The molecule has 1 atom stereocenters. The number of amides is 2. The van der Waals surface area contributed by atoms with Gasteiger partial charge in [0.05, 0.1) is 16.3 Å². The summed E-state index contributed by atoms with van der Waals surface area (Å²) in [6, 6.07) is 12.1. The highest BCUT2D eigenvalue weighted by molar-refractivity contribution is 8.00. The summed E-state index contributed by atoms with van der Waals surface area (Å²) < 4.78 is 25.4. The van der Waals surface area contributed by atoms with Gasteiger partial charge in [-0.3, -0.25) is 9.59 Å². The summed E-state index contributed by atoms with van der Waals surface area (Å²) in [7, 11) is -3.66. The molecule has 6 nitrogen and oxygen atoms in total. The zero-order chi connectivity index (χ0) is 21.0. The number of hydrogen-bond acceptors (Lipinski definition) is 6. The molecule has 9 heteroatoms. The lowest BCUT2D eigenvalue weighted by Gasteiger charge is -2.11. The van der Waals surface area contributed by atoms with Crippen LogP contribution in [0.25, 0.3) is 0 Å². The number of hydrogen-bond donors (Lipinski definition) is 2. The van der Waals surface area contributed by atoms with Gasteiger partial charge in [0, 0.05) is 33.6 Å². The van der Waals surface area contributed by atoms with E-state index in [0.717, 1.165) is 9.79 Å². The summed E-state index contributed by atoms with van der Waals surface area (Å²) in [6.45, 7) is 1.96. The summed E-state index contributed by atoms with van der Waals surface area (Å²) in [6.07, 6.45) is 2.16. The van der Waals surface area contributed by atoms with E-state index in [1.165, 1.54) is 23.9 Å². The number of fused-ring (bicyclic) bond motifs is 1. The zero-order valence-electron chi connectivity index (χ0n) is 16.1. The van der Waals surface area contributed by atoms with Crippen molar-refractivity contribution in [2.75, 3.05) is 22.6 Å². The van der Waals surface area contributed by atoms with E-state index in [9.17, 15) is 18.0 Å². The highest BCUT2D eigenvalue weighted by Crippen LogP contribution is 2.36. The minimum absolute atomic E-state index is 0.101. The van der Waals surface area contributed by atoms with Gasteiger partial charge in [-0.1, -0.05) is 13.0 Å². The lowest BCUT2D eigenvalue weighted by molar-refractivity contribution is -0.116. The summed E-state index contributed by atoms with van der Waals surface area (Å²) in [5.41, 5.74) is 1.14. The van der Waals surface area contributed by atoms with E-state index in [1.54, 1.807) is 23.9 Å². The van der Waals surface area contributed by atoms with Crippen molar-refractivity contribution in [3.63, 3.8) is 0 Å². The second kappa shape index (κ2) is 9.23. The predicted molar refractivity (Wildman–Crippen MR) is 119 cm³/mol. The number of anilines is 2. The van der Waals surface area contributed by atoms with Crippen molar-refractivity contribution < 1.29 is 18.0 Å². The number of sulfone groups is 1. The second-order valence-corrected chi connectivity index (χ2v) is 11.2. The minimum atomic E-state index is -3.66. The molecule has 1 aliphatic heterocycles. The van der Waals surface area contributed by atoms with Crippen LogP contribution in [0.4, 0.5) is 11.4 Å². The topological polar surface area (TPSA) is 92.3 Å². The lowest BCUT2D eigenvalue weighted by Crippen LogP contribution is -2.18. The van der Waals surface area contributed by atoms with Crippen molar-refractivity contribution in [1.29, 1.82) is 0 Å². The molecule has 0 spiro atoms. The molecule has 2 aromatic carbocycles. The van der Waals surface area contributed by atoms with Crippen LogP contribution in [0.3, 0.4) is 0 Å². The van der Waals surface area contributed by atoms with Crippen molar-refractivity contribution in [2.45, 2.75) is 39.7 Å². The highest BCUT2D eigenvalue weighted by atomic mass is 32.2. The first-order chi connectivity index (χ1) is 13.8. The third-order valence-electron chi connectivity index (χ3n) is 4.34. The maximum absolute atomic E-state index is 12.7. The molecule has 2 aromatic rings. The Morgan fingerprint density at radius 1 is 1.28 bits per heavy atom. The van der Waals surface area contributed by atoms with E-state index in [0.29, 0.717) is 17.8 Å². The van der Waals surface area contributed by atoms with Crippen LogP contribution >= 0.6 is 23.5 Å². The largest absolute Gasteiger partial charge is 0.326 e. The van der Waals surface area contributed by atoms with Crippen molar-refractivity contribution in [2.24, 2.45) is 0 Å². The van der Waals surface area contributed by atoms with Crippen LogP contribution in [-0.4, -0.2) is 37.5 Å². The molecule has 2 amide bonds. The smallest absolute Gasteiger partial charge is 0.225 e.